The number of carbonyl (C=O) groups excluding carboxylic acids is 2. The third kappa shape index (κ3) is 6.61. The van der Waals surface area contributed by atoms with Crippen LogP contribution in [0.25, 0.3) is 0 Å². The normalized spacial score (nSPS) is 12.8. The molecule has 0 fully saturated rings. The van der Waals surface area contributed by atoms with E-state index < -0.39 is 12.1 Å². The second kappa shape index (κ2) is 11.9. The van der Waals surface area contributed by atoms with Crippen LogP contribution in [-0.2, 0) is 27.3 Å². The first kappa shape index (κ1) is 25.0. The van der Waals surface area contributed by atoms with Crippen molar-refractivity contribution >= 4 is 18.0 Å². The second-order valence-corrected chi connectivity index (χ2v) is 7.36. The van der Waals surface area contributed by atoms with Crippen molar-refractivity contribution in [1.29, 1.82) is 0 Å². The van der Waals surface area contributed by atoms with Gasteiger partial charge in [-0.25, -0.2) is 9.59 Å². The van der Waals surface area contributed by atoms with Gasteiger partial charge in [0.15, 0.2) is 0 Å². The van der Waals surface area contributed by atoms with Crippen LogP contribution in [0.4, 0.5) is 4.79 Å². The number of carbonyl (C=O) groups is 3. The number of hydrogen-bond acceptors (Lipinski definition) is 7. The molecule has 0 atom stereocenters. The van der Waals surface area contributed by atoms with Crippen molar-refractivity contribution < 1.29 is 38.8 Å². The number of phenolic OH excluding ortho intramolecular Hbond substituents is 1. The molecule has 2 rings (SSSR count). The van der Waals surface area contributed by atoms with Crippen molar-refractivity contribution in [1.82, 2.24) is 10.6 Å². The Morgan fingerprint density at radius 1 is 1.19 bits per heavy atom. The highest BCUT2D eigenvalue weighted by atomic mass is 16.5. The van der Waals surface area contributed by atoms with E-state index in [0.717, 1.165) is 11.1 Å². The van der Waals surface area contributed by atoms with E-state index in [4.69, 9.17) is 19.3 Å². The third-order valence-corrected chi connectivity index (χ3v) is 5.14. The minimum atomic E-state index is -1.10. The number of cyclic esters (lactones) is 1. The van der Waals surface area contributed by atoms with Gasteiger partial charge in [-0.3, -0.25) is 4.79 Å². The quantitative estimate of drug-likeness (QED) is 0.215. The van der Waals surface area contributed by atoms with Crippen molar-refractivity contribution in [3.63, 3.8) is 0 Å². The first-order valence-corrected chi connectivity index (χ1v) is 10.3. The summed E-state index contributed by atoms with van der Waals surface area (Å²) in [6, 6.07) is 0. The molecule has 0 bridgehead atoms. The molecule has 32 heavy (non-hydrogen) atoms. The Bertz CT molecular complexity index is 895. The predicted octanol–water partition coefficient (Wildman–Crippen LogP) is 2.05. The first-order valence-electron chi connectivity index (χ1n) is 10.3. The average molecular weight is 450 g/mol. The van der Waals surface area contributed by atoms with Crippen LogP contribution in [0.15, 0.2) is 11.6 Å². The number of amides is 2. The average Bonchev–Trinajstić information content (AvgIpc) is 3.14. The molecule has 1 aliphatic rings. The molecule has 0 saturated heterocycles. The molecule has 0 spiro atoms. The van der Waals surface area contributed by atoms with Crippen molar-refractivity contribution in [3.05, 3.63) is 33.9 Å². The summed E-state index contributed by atoms with van der Waals surface area (Å²) in [5.74, 6) is -0.254. The number of fused-ring (bicyclic) bond motifs is 1. The predicted molar refractivity (Wildman–Crippen MR) is 115 cm³/mol. The second-order valence-electron chi connectivity index (χ2n) is 7.36. The molecule has 4 N–H and O–H groups in total. The maximum atomic E-state index is 12.0. The van der Waals surface area contributed by atoms with Crippen LogP contribution in [0.3, 0.4) is 0 Å². The molecule has 1 aromatic rings. The number of aromatic hydroxyl groups is 1. The Kier molecular flexibility index (Phi) is 9.33. The number of carboxylic acid groups (broad SMARTS) is 1. The number of phenols is 1. The molecular weight excluding hydrogens is 420 g/mol. The molecule has 10 heteroatoms. The zero-order valence-corrected chi connectivity index (χ0v) is 18.6. The molecule has 176 valence electrons. The molecule has 0 saturated carbocycles. The number of allylic oxidation sites excluding steroid dienone is 2. The SMILES string of the molecule is COc1c(C)c2c(c(O)c1CC=C(C)CCC(=O)NCCOCCNC(=O)O)C(=O)OC2. The van der Waals surface area contributed by atoms with Gasteiger partial charge in [0, 0.05) is 30.6 Å². The lowest BCUT2D eigenvalue weighted by Crippen LogP contribution is -2.29. The Morgan fingerprint density at radius 3 is 2.53 bits per heavy atom. The van der Waals surface area contributed by atoms with E-state index in [1.54, 1.807) is 0 Å². The molecule has 0 aromatic heterocycles. The molecule has 2 amide bonds. The fraction of sp³-hybridized carbons (Fsp3) is 0.500. The van der Waals surface area contributed by atoms with Crippen LogP contribution >= 0.6 is 0 Å². The first-order chi connectivity index (χ1) is 15.3. The third-order valence-electron chi connectivity index (χ3n) is 5.14. The van der Waals surface area contributed by atoms with Gasteiger partial charge in [0.05, 0.1) is 20.3 Å². The standard InChI is InChI=1S/C22H30N2O8/c1-13(5-7-17(25)23-8-10-31-11-9-24-22(28)29)4-6-15-19(26)18-16(12-32-21(18)27)14(2)20(15)30-3/h4,24,26H,5-12H2,1-3H3,(H,23,25)(H,28,29). The van der Waals surface area contributed by atoms with Crippen molar-refractivity contribution in [3.8, 4) is 11.5 Å². The topological polar surface area (TPSA) is 143 Å². The molecule has 0 aliphatic carbocycles. The fourth-order valence-electron chi connectivity index (χ4n) is 3.40. The summed E-state index contributed by atoms with van der Waals surface area (Å²) in [6.45, 7) is 4.90. The largest absolute Gasteiger partial charge is 0.507 e. The fourth-order valence-corrected chi connectivity index (χ4v) is 3.40. The highest BCUT2D eigenvalue weighted by molar-refractivity contribution is 5.98. The number of methoxy groups -OCH3 is 1. The van der Waals surface area contributed by atoms with Crippen molar-refractivity contribution in [2.45, 2.75) is 39.7 Å². The van der Waals surface area contributed by atoms with Crippen molar-refractivity contribution in [2.24, 2.45) is 0 Å². The van der Waals surface area contributed by atoms with Crippen LogP contribution < -0.4 is 15.4 Å². The zero-order valence-electron chi connectivity index (χ0n) is 18.6. The van der Waals surface area contributed by atoms with E-state index in [0.29, 0.717) is 49.3 Å². The number of esters is 1. The van der Waals surface area contributed by atoms with Gasteiger partial charge < -0.3 is 35.1 Å². The Hall–Kier alpha value is -3.27. The van der Waals surface area contributed by atoms with Gasteiger partial charge in [-0.1, -0.05) is 11.6 Å². The summed E-state index contributed by atoms with van der Waals surface area (Å²) in [5, 5.41) is 24.0. The van der Waals surface area contributed by atoms with Crippen LogP contribution in [0.2, 0.25) is 0 Å². The van der Waals surface area contributed by atoms with Crippen LogP contribution in [-0.4, -0.2) is 61.6 Å². The van der Waals surface area contributed by atoms with Gasteiger partial charge in [0.1, 0.15) is 23.7 Å². The van der Waals surface area contributed by atoms with Crippen LogP contribution in [0, 0.1) is 6.92 Å². The Morgan fingerprint density at radius 2 is 1.88 bits per heavy atom. The van der Waals surface area contributed by atoms with E-state index in [-0.39, 0.29) is 37.0 Å². The smallest absolute Gasteiger partial charge is 0.404 e. The van der Waals surface area contributed by atoms with Crippen LogP contribution in [0.1, 0.15) is 46.8 Å². The Labute approximate surface area is 186 Å². The van der Waals surface area contributed by atoms with Gasteiger partial charge in [-0.2, -0.15) is 0 Å². The lowest BCUT2D eigenvalue weighted by molar-refractivity contribution is -0.121. The highest BCUT2D eigenvalue weighted by Crippen LogP contribution is 2.42. The van der Waals surface area contributed by atoms with Gasteiger partial charge >= 0.3 is 12.1 Å². The minimum absolute atomic E-state index is 0.120. The van der Waals surface area contributed by atoms with Crippen molar-refractivity contribution in [2.75, 3.05) is 33.4 Å². The van der Waals surface area contributed by atoms with E-state index in [9.17, 15) is 19.5 Å². The van der Waals surface area contributed by atoms with Gasteiger partial charge in [0.25, 0.3) is 0 Å². The highest BCUT2D eigenvalue weighted by Gasteiger charge is 2.31. The van der Waals surface area contributed by atoms with Crippen LogP contribution in [0.5, 0.6) is 11.5 Å². The van der Waals surface area contributed by atoms with Gasteiger partial charge in [-0.05, 0) is 32.3 Å². The maximum absolute atomic E-state index is 12.0. The minimum Gasteiger partial charge on any atom is -0.507 e. The maximum Gasteiger partial charge on any atom is 0.404 e. The summed E-state index contributed by atoms with van der Waals surface area (Å²) >= 11 is 0. The molecule has 0 radical (unpaired) electrons. The number of ether oxygens (including phenoxy) is 3. The lowest BCUT2D eigenvalue weighted by atomic mass is 9.94. The number of benzene rings is 1. The summed E-state index contributed by atoms with van der Waals surface area (Å²) < 4.78 is 15.7. The number of rotatable bonds is 12. The molecule has 1 heterocycles. The summed E-state index contributed by atoms with van der Waals surface area (Å²) in [4.78, 5) is 34.2. The van der Waals surface area contributed by atoms with E-state index >= 15 is 0 Å². The van der Waals surface area contributed by atoms with E-state index in [2.05, 4.69) is 10.6 Å². The monoisotopic (exact) mass is 450 g/mol. The summed E-state index contributed by atoms with van der Waals surface area (Å²) in [7, 11) is 1.52. The molecular formula is C22H30N2O8. The van der Waals surface area contributed by atoms with Gasteiger partial charge in [0.2, 0.25) is 5.91 Å². The van der Waals surface area contributed by atoms with E-state index in [1.165, 1.54) is 7.11 Å². The Balaban J connectivity index is 1.83. The lowest BCUT2D eigenvalue weighted by Gasteiger charge is -2.15. The number of nitrogens with one attached hydrogen (secondary N) is 2. The molecule has 0 unspecified atom stereocenters. The molecule has 1 aromatic carbocycles. The molecule has 10 nitrogen and oxygen atoms in total. The summed E-state index contributed by atoms with van der Waals surface area (Å²) in [5.41, 5.74) is 3.09. The zero-order chi connectivity index (χ0) is 23.7. The molecule has 1 aliphatic heterocycles. The summed E-state index contributed by atoms with van der Waals surface area (Å²) in [6.07, 6.45) is 1.97. The van der Waals surface area contributed by atoms with Gasteiger partial charge in [-0.15, -0.1) is 0 Å². The van der Waals surface area contributed by atoms with E-state index in [1.807, 2.05) is 19.9 Å². The number of hydrogen-bond donors (Lipinski definition) is 4.